The molecule has 0 saturated heterocycles. The quantitative estimate of drug-likeness (QED) is 0.0934. The maximum Gasteiger partial charge on any atom is 0.340 e. The van der Waals surface area contributed by atoms with E-state index in [1.807, 2.05) is 52.8 Å². The Morgan fingerprint density at radius 1 is 0.806 bits per heavy atom. The van der Waals surface area contributed by atoms with Gasteiger partial charge in [0.2, 0.25) is 0 Å². The molecule has 1 aromatic heterocycles. The van der Waals surface area contributed by atoms with Gasteiger partial charge in [-0.25, -0.2) is 9.59 Å². The van der Waals surface area contributed by atoms with Gasteiger partial charge in [0.25, 0.3) is 0 Å². The molecule has 0 unspecified atom stereocenters. The van der Waals surface area contributed by atoms with Gasteiger partial charge < -0.3 is 23.7 Å². The number of aryl methyl sites for hydroxylation is 2. The molecule has 1 aliphatic carbocycles. The lowest BCUT2D eigenvalue weighted by molar-refractivity contribution is -0.199. The average Bonchev–Trinajstić information content (AvgIpc) is 3.80. The van der Waals surface area contributed by atoms with E-state index in [2.05, 4.69) is 72.8 Å². The molecule has 3 aliphatic heterocycles. The third-order valence-corrected chi connectivity index (χ3v) is 13.7. The van der Waals surface area contributed by atoms with Crippen LogP contribution in [0.4, 0.5) is 0 Å². The lowest BCUT2D eigenvalue weighted by Crippen LogP contribution is -2.58. The molecule has 5 aromatic rings. The van der Waals surface area contributed by atoms with E-state index in [0.29, 0.717) is 52.7 Å². The number of aliphatic hydroxyl groups excluding tert-OH is 1. The maximum atomic E-state index is 14.8. The van der Waals surface area contributed by atoms with E-state index in [0.717, 1.165) is 61.6 Å². The van der Waals surface area contributed by atoms with Crippen molar-refractivity contribution < 1.29 is 33.3 Å². The van der Waals surface area contributed by atoms with E-state index in [-0.39, 0.29) is 36.4 Å². The number of carbonyl (C=O) groups is 2. The van der Waals surface area contributed by atoms with Crippen LogP contribution in [-0.2, 0) is 51.4 Å². The van der Waals surface area contributed by atoms with Gasteiger partial charge in [-0.1, -0.05) is 111 Å². The predicted octanol–water partition coefficient (Wildman–Crippen LogP) is 11.0. The molecule has 9 rings (SSSR count). The molecule has 4 aromatic carbocycles. The number of aliphatic hydroxyl groups is 1. The zero-order chi connectivity index (χ0) is 43.5. The van der Waals surface area contributed by atoms with Gasteiger partial charge in [0.15, 0.2) is 12.2 Å². The van der Waals surface area contributed by atoms with Crippen LogP contribution in [0.25, 0.3) is 11.0 Å². The minimum Gasteiger partial charge on any atom is -0.483 e. The van der Waals surface area contributed by atoms with Crippen molar-refractivity contribution in [3.8, 4) is 5.75 Å². The van der Waals surface area contributed by atoms with E-state index >= 15 is 0 Å². The fourth-order valence-corrected chi connectivity index (χ4v) is 10.3. The van der Waals surface area contributed by atoms with Crippen LogP contribution in [0, 0.1) is 11.8 Å². The first-order valence-corrected chi connectivity index (χ1v) is 22.6. The van der Waals surface area contributed by atoms with Crippen molar-refractivity contribution in [3.63, 3.8) is 0 Å². The van der Waals surface area contributed by atoms with E-state index in [4.69, 9.17) is 18.6 Å². The monoisotopic (exact) mass is 836 g/mol. The molecule has 4 heterocycles. The van der Waals surface area contributed by atoms with E-state index in [9.17, 15) is 19.5 Å². The molecule has 4 atom stereocenters. The Labute approximate surface area is 365 Å². The SMILES string of the molecule is CC(C)=C1CCc2ccc(cc2)C[C@@H](CCc2cccc(Cc3ccccc3)c2)CC(=O)O[C@@H]2c3c(ccc4c(CO)c(C(C)C)c(=O)oc34)O[C@@](C)(C3CCCC3)[C@H]2OC1=O. The average molecular weight is 837 g/mol. The van der Waals surface area contributed by atoms with Gasteiger partial charge in [0.1, 0.15) is 16.9 Å². The topological polar surface area (TPSA) is 112 Å². The minimum atomic E-state index is -1.16. The van der Waals surface area contributed by atoms with Crippen molar-refractivity contribution in [2.75, 3.05) is 0 Å². The van der Waals surface area contributed by atoms with Crippen LogP contribution in [0.3, 0.4) is 0 Å². The molecule has 0 spiro atoms. The second-order valence-corrected chi connectivity index (χ2v) is 18.5. The highest BCUT2D eigenvalue weighted by Gasteiger charge is 2.57. The highest BCUT2D eigenvalue weighted by Crippen LogP contribution is 2.52. The summed E-state index contributed by atoms with van der Waals surface area (Å²) < 4.78 is 26.6. The number of fused-ring (bicyclic) bond motifs is 13. The number of ether oxygens (including phenoxy) is 3. The second-order valence-electron chi connectivity index (χ2n) is 18.5. The van der Waals surface area contributed by atoms with E-state index in [1.165, 1.54) is 16.7 Å². The van der Waals surface area contributed by atoms with Crippen LogP contribution in [0.1, 0.15) is 136 Å². The molecule has 1 saturated carbocycles. The molecule has 0 amide bonds. The summed E-state index contributed by atoms with van der Waals surface area (Å²) in [4.78, 5) is 43.2. The van der Waals surface area contributed by atoms with Gasteiger partial charge in [-0.15, -0.1) is 0 Å². The van der Waals surface area contributed by atoms with Gasteiger partial charge in [0.05, 0.1) is 12.2 Å². The molecule has 8 nitrogen and oxygen atoms in total. The summed E-state index contributed by atoms with van der Waals surface area (Å²) in [5.74, 6) is -0.803. The number of hydrogen-bond donors (Lipinski definition) is 1. The molecule has 324 valence electrons. The highest BCUT2D eigenvalue weighted by molar-refractivity contribution is 5.90. The summed E-state index contributed by atoms with van der Waals surface area (Å²) in [5.41, 5.74) is 7.06. The number of rotatable bonds is 8. The molecule has 1 N–H and O–H groups in total. The Morgan fingerprint density at radius 2 is 1.52 bits per heavy atom. The lowest BCUT2D eigenvalue weighted by Gasteiger charge is -2.48. The van der Waals surface area contributed by atoms with Gasteiger partial charge in [0, 0.05) is 28.9 Å². The standard InChI is InChI=1S/C54H60O8/c1-33(2)42-25-24-35-18-20-38(21-19-35)30-40(23-22-37-14-11-15-39(29-37)28-36-12-7-6-8-13-36)31-46(56)59-50-48-45(62-54(5,41-16-9-10-17-41)51(50)61-52(42)57)27-26-43-44(32-55)47(34(3)4)53(58)60-49(43)48/h6-8,11-15,18-21,26-27,29,34,40-41,50-51,55H,9-10,16-17,22-25,28,30-32H2,1-5H3/t40-,50-,51+,54+/m1/s1. The second kappa shape index (κ2) is 18.5. The first kappa shape index (κ1) is 43.2. The summed E-state index contributed by atoms with van der Waals surface area (Å²) in [5, 5.41) is 11.2. The van der Waals surface area contributed by atoms with E-state index < -0.39 is 35.4 Å². The van der Waals surface area contributed by atoms with Crippen LogP contribution >= 0.6 is 0 Å². The molecule has 62 heavy (non-hydrogen) atoms. The summed E-state index contributed by atoms with van der Waals surface area (Å²) >= 11 is 0. The van der Waals surface area contributed by atoms with Crippen molar-refractivity contribution >= 4 is 22.9 Å². The Bertz CT molecular complexity index is 2500. The summed E-state index contributed by atoms with van der Waals surface area (Å²) in [6, 6.07) is 31.3. The predicted molar refractivity (Wildman–Crippen MR) is 241 cm³/mol. The first-order chi connectivity index (χ1) is 29.9. The van der Waals surface area contributed by atoms with Crippen LogP contribution in [0.2, 0.25) is 0 Å². The molecular formula is C54H60O8. The Morgan fingerprint density at radius 3 is 2.23 bits per heavy atom. The van der Waals surface area contributed by atoms with Crippen molar-refractivity contribution in [3.05, 3.63) is 157 Å². The fraction of sp³-hybridized carbons (Fsp3) is 0.426. The molecule has 1 fully saturated rings. The first-order valence-electron chi connectivity index (χ1n) is 22.6. The number of esters is 2. The minimum absolute atomic E-state index is 0.00204. The number of carbonyl (C=O) groups excluding carboxylic acids is 2. The third-order valence-electron chi connectivity index (χ3n) is 13.7. The number of allylic oxidation sites excluding steroid dienone is 1. The zero-order valence-corrected chi connectivity index (χ0v) is 36.8. The highest BCUT2D eigenvalue weighted by atomic mass is 16.6. The molecule has 2 bridgehead atoms. The Balaban J connectivity index is 1.22. The Hall–Kier alpha value is -5.47. The summed E-state index contributed by atoms with van der Waals surface area (Å²) in [6.07, 6.45) is 5.76. The van der Waals surface area contributed by atoms with E-state index in [1.54, 1.807) is 0 Å². The van der Waals surface area contributed by atoms with Gasteiger partial charge in [-0.3, -0.25) is 4.79 Å². The zero-order valence-electron chi connectivity index (χ0n) is 36.8. The largest absolute Gasteiger partial charge is 0.483 e. The molecule has 0 radical (unpaired) electrons. The molecule has 8 heteroatoms. The molecule has 4 aliphatic rings. The van der Waals surface area contributed by atoms with Crippen LogP contribution < -0.4 is 10.4 Å². The van der Waals surface area contributed by atoms with Gasteiger partial charge in [-0.2, -0.15) is 0 Å². The van der Waals surface area contributed by atoms with Gasteiger partial charge >= 0.3 is 17.6 Å². The summed E-state index contributed by atoms with van der Waals surface area (Å²) in [6.45, 7) is 9.20. The third kappa shape index (κ3) is 9.03. The van der Waals surface area contributed by atoms with Crippen molar-refractivity contribution in [2.45, 2.75) is 136 Å². The van der Waals surface area contributed by atoms with Crippen molar-refractivity contribution in [1.82, 2.24) is 0 Å². The summed E-state index contributed by atoms with van der Waals surface area (Å²) in [7, 11) is 0. The lowest BCUT2D eigenvalue weighted by atomic mass is 9.76. The van der Waals surface area contributed by atoms with Crippen LogP contribution in [-0.4, -0.2) is 28.8 Å². The number of hydrogen-bond acceptors (Lipinski definition) is 8. The van der Waals surface area contributed by atoms with Gasteiger partial charge in [-0.05, 0) is 129 Å². The molecular weight excluding hydrogens is 777 g/mol. The maximum absolute atomic E-state index is 14.8. The number of benzene rings is 4. The Kier molecular flexibility index (Phi) is 12.9. The van der Waals surface area contributed by atoms with Crippen molar-refractivity contribution in [2.24, 2.45) is 11.8 Å². The normalized spacial score (nSPS) is 22.2. The fourth-order valence-electron chi connectivity index (χ4n) is 10.3. The van der Waals surface area contributed by atoms with Crippen molar-refractivity contribution in [1.29, 1.82) is 0 Å². The smallest absolute Gasteiger partial charge is 0.340 e. The van der Waals surface area contributed by atoms with Crippen LogP contribution in [0.15, 0.2) is 111 Å². The van der Waals surface area contributed by atoms with Crippen LogP contribution in [0.5, 0.6) is 5.75 Å².